The summed E-state index contributed by atoms with van der Waals surface area (Å²) in [6.45, 7) is 3.92. The molecule has 0 saturated heterocycles. The fraction of sp³-hybridized carbons (Fsp3) is 0.333. The highest BCUT2D eigenvalue weighted by Crippen LogP contribution is 2.32. The first-order chi connectivity index (χ1) is 8.90. The van der Waals surface area contributed by atoms with Crippen molar-refractivity contribution < 1.29 is 4.79 Å². The van der Waals surface area contributed by atoms with Crippen molar-refractivity contribution in [2.45, 2.75) is 26.4 Å². The molecule has 0 fully saturated rings. The van der Waals surface area contributed by atoms with Crippen LogP contribution in [-0.4, -0.2) is 14.9 Å². The predicted molar refractivity (Wildman–Crippen MR) is 83.1 cm³/mol. The van der Waals surface area contributed by atoms with Gasteiger partial charge in [-0.1, -0.05) is 0 Å². The Kier molecular flexibility index (Phi) is 4.47. The smallest absolute Gasteiger partial charge is 0.297 e. The van der Waals surface area contributed by atoms with E-state index >= 15 is 0 Å². The Labute approximate surface area is 131 Å². The number of halogens is 2. The topological polar surface area (TPSA) is 44.0 Å². The first-order valence-corrected chi connectivity index (χ1v) is 8.05. The molecule has 4 nitrogen and oxygen atoms in total. The summed E-state index contributed by atoms with van der Waals surface area (Å²) in [5.41, 5.74) is 0.440. The van der Waals surface area contributed by atoms with Crippen molar-refractivity contribution in [1.82, 2.24) is 9.13 Å². The molecule has 0 aromatic carbocycles. The Morgan fingerprint density at radius 1 is 1.37 bits per heavy atom. The van der Waals surface area contributed by atoms with Crippen molar-refractivity contribution in [3.8, 4) is 0 Å². The van der Waals surface area contributed by atoms with Gasteiger partial charge in [0.05, 0.1) is 14.1 Å². The average molecular weight is 408 g/mol. The quantitative estimate of drug-likeness (QED) is 0.725. The Hall–Kier alpha value is -0.660. The van der Waals surface area contributed by atoms with Gasteiger partial charge in [-0.25, -0.2) is 4.79 Å². The molecule has 102 valence electrons. The van der Waals surface area contributed by atoms with Crippen LogP contribution in [0.4, 0.5) is 0 Å². The van der Waals surface area contributed by atoms with Crippen LogP contribution in [0.3, 0.4) is 0 Å². The van der Waals surface area contributed by atoms with E-state index in [-0.39, 0.29) is 24.1 Å². The maximum atomic E-state index is 12.2. The number of ketones is 1. The first-order valence-electron chi connectivity index (χ1n) is 5.65. The van der Waals surface area contributed by atoms with Crippen molar-refractivity contribution in [2.24, 2.45) is 0 Å². The molecule has 0 unspecified atom stereocenters. The molecular weight excluding hydrogens is 396 g/mol. The lowest BCUT2D eigenvalue weighted by Crippen LogP contribution is -2.27. The summed E-state index contributed by atoms with van der Waals surface area (Å²) < 4.78 is 4.70. The van der Waals surface area contributed by atoms with Crippen LogP contribution in [0.15, 0.2) is 30.8 Å². The van der Waals surface area contributed by atoms with Crippen molar-refractivity contribution in [3.63, 3.8) is 0 Å². The zero-order valence-corrected chi connectivity index (χ0v) is 14.4. The van der Waals surface area contributed by atoms with E-state index in [0.29, 0.717) is 5.56 Å². The zero-order chi connectivity index (χ0) is 14.2. The minimum Gasteiger partial charge on any atom is -0.297 e. The molecule has 0 aliphatic carbocycles. The highest BCUT2D eigenvalue weighted by atomic mass is 79.9. The van der Waals surface area contributed by atoms with Crippen LogP contribution in [0.5, 0.6) is 0 Å². The highest BCUT2D eigenvalue weighted by molar-refractivity contribution is 9.12. The van der Waals surface area contributed by atoms with Crippen LogP contribution in [0.2, 0.25) is 0 Å². The summed E-state index contributed by atoms with van der Waals surface area (Å²) in [7, 11) is 0. The van der Waals surface area contributed by atoms with Crippen molar-refractivity contribution in [1.29, 1.82) is 0 Å². The molecule has 0 N–H and O–H groups in total. The van der Waals surface area contributed by atoms with Gasteiger partial charge in [0.1, 0.15) is 0 Å². The number of Topliss-reactive ketones (excluding diaryl/α,β-unsaturated/α-hetero) is 1. The number of thiophene rings is 1. The Bertz CT molecular complexity index is 670. The monoisotopic (exact) mass is 406 g/mol. The second-order valence-corrected chi connectivity index (χ2v) is 8.12. The Morgan fingerprint density at radius 3 is 2.53 bits per heavy atom. The van der Waals surface area contributed by atoms with E-state index in [9.17, 15) is 9.59 Å². The largest absolute Gasteiger partial charge is 0.328 e. The van der Waals surface area contributed by atoms with Gasteiger partial charge in [0, 0.05) is 24.0 Å². The maximum Gasteiger partial charge on any atom is 0.328 e. The van der Waals surface area contributed by atoms with Gasteiger partial charge in [-0.05, 0) is 51.8 Å². The van der Waals surface area contributed by atoms with E-state index in [1.165, 1.54) is 15.9 Å². The number of aromatic nitrogens is 2. The molecule has 0 aliphatic rings. The van der Waals surface area contributed by atoms with E-state index in [1.807, 2.05) is 13.8 Å². The van der Waals surface area contributed by atoms with Gasteiger partial charge in [0.25, 0.3) is 0 Å². The number of hydrogen-bond acceptors (Lipinski definition) is 3. The van der Waals surface area contributed by atoms with Gasteiger partial charge in [-0.3, -0.25) is 13.9 Å². The minimum absolute atomic E-state index is 0.0559. The Morgan fingerprint density at radius 2 is 2.05 bits per heavy atom. The summed E-state index contributed by atoms with van der Waals surface area (Å²) in [5, 5.41) is 0. The third-order valence-corrected chi connectivity index (χ3v) is 5.04. The number of hydrogen-bond donors (Lipinski definition) is 0. The summed E-state index contributed by atoms with van der Waals surface area (Å²) in [4.78, 5) is 24.2. The highest BCUT2D eigenvalue weighted by Gasteiger charge is 2.16. The average Bonchev–Trinajstić information content (AvgIpc) is 2.83. The van der Waals surface area contributed by atoms with Crippen molar-refractivity contribution in [2.75, 3.05) is 0 Å². The molecule has 0 aliphatic heterocycles. The fourth-order valence-electron chi connectivity index (χ4n) is 1.71. The zero-order valence-electron chi connectivity index (χ0n) is 10.4. The number of carbonyl (C=O) groups excluding carboxylic acids is 1. The number of rotatable bonds is 4. The molecule has 7 heteroatoms. The molecule has 2 heterocycles. The van der Waals surface area contributed by atoms with E-state index < -0.39 is 0 Å². The summed E-state index contributed by atoms with van der Waals surface area (Å²) >= 11 is 8.13. The van der Waals surface area contributed by atoms with Gasteiger partial charge >= 0.3 is 5.69 Å². The molecular formula is C12H12Br2N2O2S. The second-order valence-electron chi connectivity index (χ2n) is 4.37. The number of imidazole rings is 1. The van der Waals surface area contributed by atoms with Crippen molar-refractivity contribution in [3.05, 3.63) is 42.1 Å². The molecule has 2 rings (SSSR count). The lowest BCUT2D eigenvalue weighted by Gasteiger charge is -2.04. The molecule has 2 aromatic heterocycles. The molecule has 0 bridgehead atoms. The van der Waals surface area contributed by atoms with E-state index in [0.717, 1.165) is 7.57 Å². The van der Waals surface area contributed by atoms with E-state index in [1.54, 1.807) is 23.0 Å². The van der Waals surface area contributed by atoms with E-state index in [4.69, 9.17) is 0 Å². The van der Waals surface area contributed by atoms with Crippen LogP contribution in [-0.2, 0) is 6.54 Å². The lowest BCUT2D eigenvalue weighted by atomic mass is 10.2. The number of carbonyl (C=O) groups is 1. The van der Waals surface area contributed by atoms with Gasteiger partial charge in [0.15, 0.2) is 5.78 Å². The minimum atomic E-state index is -0.159. The molecule has 0 saturated carbocycles. The van der Waals surface area contributed by atoms with Crippen molar-refractivity contribution >= 4 is 49.0 Å². The standard InChI is InChI=1S/C12H12Br2N2O2S/c1-7(2)16-4-3-15(12(16)18)6-9(17)8-5-10(13)19-11(8)14/h3-5,7H,6H2,1-2H3. The number of nitrogens with zero attached hydrogens (tertiary/aromatic N) is 2. The van der Waals surface area contributed by atoms with E-state index in [2.05, 4.69) is 31.9 Å². The molecule has 0 spiro atoms. The van der Waals surface area contributed by atoms with Crippen LogP contribution in [0.1, 0.15) is 30.2 Å². The second kappa shape index (κ2) is 5.76. The SMILES string of the molecule is CC(C)n1ccn(CC(=O)c2cc(Br)sc2Br)c1=O. The summed E-state index contributed by atoms with van der Waals surface area (Å²) in [5.74, 6) is -0.0857. The lowest BCUT2D eigenvalue weighted by molar-refractivity contribution is 0.0970. The van der Waals surface area contributed by atoms with Gasteiger partial charge in [-0.15, -0.1) is 11.3 Å². The first kappa shape index (κ1) is 14.7. The van der Waals surface area contributed by atoms with Crippen LogP contribution in [0.25, 0.3) is 0 Å². The summed E-state index contributed by atoms with van der Waals surface area (Å²) in [6.07, 6.45) is 3.36. The molecule has 19 heavy (non-hydrogen) atoms. The third kappa shape index (κ3) is 3.09. The normalized spacial score (nSPS) is 11.2. The van der Waals surface area contributed by atoms with Gasteiger partial charge < -0.3 is 0 Å². The molecule has 2 aromatic rings. The van der Waals surface area contributed by atoms with Crippen LogP contribution in [0, 0.1) is 0 Å². The third-order valence-electron chi connectivity index (χ3n) is 2.70. The summed E-state index contributed by atoms with van der Waals surface area (Å²) in [6, 6.07) is 1.85. The maximum absolute atomic E-state index is 12.2. The van der Waals surface area contributed by atoms with Crippen LogP contribution < -0.4 is 5.69 Å². The van der Waals surface area contributed by atoms with Crippen LogP contribution >= 0.6 is 43.2 Å². The molecule has 0 amide bonds. The van der Waals surface area contributed by atoms with Gasteiger partial charge in [0.2, 0.25) is 0 Å². The fourth-order valence-corrected chi connectivity index (χ4v) is 4.57. The Balaban J connectivity index is 2.25. The molecule has 0 atom stereocenters. The predicted octanol–water partition coefficient (Wildman–Crippen LogP) is 3.70. The molecule has 0 radical (unpaired) electrons. The van der Waals surface area contributed by atoms with Gasteiger partial charge in [-0.2, -0.15) is 0 Å².